The van der Waals surface area contributed by atoms with Gasteiger partial charge in [0, 0.05) is 17.2 Å². The molecule has 1 atom stereocenters. The van der Waals surface area contributed by atoms with Crippen LogP contribution in [0.15, 0.2) is 51.2 Å². The Morgan fingerprint density at radius 2 is 1.96 bits per heavy atom. The van der Waals surface area contributed by atoms with Crippen LogP contribution in [0.5, 0.6) is 5.75 Å². The monoisotopic (exact) mass is 456 g/mol. The minimum absolute atomic E-state index is 0.140. The molecule has 0 amide bonds. The molecule has 0 aliphatic rings. The zero-order valence-electron chi connectivity index (χ0n) is 14.9. The number of aromatic nitrogens is 1. The van der Waals surface area contributed by atoms with Crippen molar-refractivity contribution in [2.45, 2.75) is 32.7 Å². The first-order valence-electron chi connectivity index (χ1n) is 8.36. The Kier molecular flexibility index (Phi) is 7.42. The van der Waals surface area contributed by atoms with Crippen molar-refractivity contribution in [2.75, 3.05) is 6.54 Å². The zero-order chi connectivity index (χ0) is 20.0. The van der Waals surface area contributed by atoms with E-state index in [0.29, 0.717) is 24.2 Å². The van der Waals surface area contributed by atoms with Gasteiger partial charge in [-0.25, -0.2) is 4.98 Å². The van der Waals surface area contributed by atoms with Gasteiger partial charge in [0.1, 0.15) is 11.4 Å². The number of hydrogen-bond donors (Lipinski definition) is 2. The average molecular weight is 457 g/mol. The number of phenols is 1. The van der Waals surface area contributed by atoms with Crippen LogP contribution in [0.2, 0.25) is 0 Å². The van der Waals surface area contributed by atoms with Crippen LogP contribution in [0, 0.1) is 0 Å². The number of halogens is 1. The molecule has 0 saturated carbocycles. The molecule has 1 heterocycles. The number of nitrogens with zero attached hydrogens (tertiary/aromatic N) is 4. The summed E-state index contributed by atoms with van der Waals surface area (Å²) in [6.45, 7) is 3.80. The lowest BCUT2D eigenvalue weighted by Gasteiger charge is -2.27. The van der Waals surface area contributed by atoms with E-state index in [9.17, 15) is 18.1 Å². The Balaban J connectivity index is 2.29. The Morgan fingerprint density at radius 1 is 1.22 bits per heavy atom. The summed E-state index contributed by atoms with van der Waals surface area (Å²) >= 11 is 3.28. The van der Waals surface area contributed by atoms with Crippen molar-refractivity contribution in [3.63, 3.8) is 0 Å². The van der Waals surface area contributed by atoms with Crippen LogP contribution in [0.25, 0.3) is 0 Å². The predicted octanol–water partition coefficient (Wildman–Crippen LogP) is 4.93. The molecule has 10 heteroatoms. The van der Waals surface area contributed by atoms with Gasteiger partial charge in [0.2, 0.25) is 0 Å². The molecule has 0 aliphatic carbocycles. The van der Waals surface area contributed by atoms with Gasteiger partial charge in [0.25, 0.3) is 0 Å². The number of hydrogen-bond acceptors (Lipinski definition) is 6. The molecule has 0 spiro atoms. The molecule has 2 aromatic rings. The summed E-state index contributed by atoms with van der Waals surface area (Å²) in [6, 6.07) is 7.49. The highest BCUT2D eigenvalue weighted by Gasteiger charge is 2.28. The highest BCUT2D eigenvalue weighted by molar-refractivity contribution is 9.10. The van der Waals surface area contributed by atoms with Gasteiger partial charge in [-0.2, -0.15) is 12.7 Å². The molecule has 0 saturated heterocycles. The minimum Gasteiger partial charge on any atom is -0.506 e. The molecule has 1 unspecified atom stereocenters. The summed E-state index contributed by atoms with van der Waals surface area (Å²) < 4.78 is 34.8. The highest BCUT2D eigenvalue weighted by Crippen LogP contribution is 2.34. The van der Waals surface area contributed by atoms with E-state index in [1.807, 2.05) is 13.8 Å². The topological polar surface area (TPSA) is 115 Å². The van der Waals surface area contributed by atoms with Crippen LogP contribution in [0.3, 0.4) is 0 Å². The molecule has 27 heavy (non-hydrogen) atoms. The van der Waals surface area contributed by atoms with Gasteiger partial charge in [0.05, 0.1) is 6.04 Å². The van der Waals surface area contributed by atoms with Crippen molar-refractivity contribution in [2.24, 2.45) is 10.2 Å². The Morgan fingerprint density at radius 3 is 2.48 bits per heavy atom. The Bertz CT molecular complexity index is 904. The smallest absolute Gasteiger partial charge is 0.336 e. The first-order chi connectivity index (χ1) is 12.8. The largest absolute Gasteiger partial charge is 0.506 e. The van der Waals surface area contributed by atoms with Gasteiger partial charge >= 0.3 is 10.3 Å². The number of benzene rings is 1. The molecular weight excluding hydrogens is 436 g/mol. The standard InChI is InChI=1S/C17H21BrN4O4S/c1-3-9-22(27(24,25)26)15(4-2)12-5-7-14(16(23)10-12)20-21-17-8-6-13(18)11-19-17/h5-8,10-11,15,23H,3-4,9H2,1-2H3,(H,24,25,26). The fraction of sp³-hybridized carbons (Fsp3) is 0.353. The minimum atomic E-state index is -4.36. The van der Waals surface area contributed by atoms with Gasteiger partial charge in [-0.05, 0) is 58.6 Å². The lowest BCUT2D eigenvalue weighted by molar-refractivity contribution is 0.281. The Hall–Kier alpha value is -1.88. The molecule has 2 rings (SSSR count). The third-order valence-electron chi connectivity index (χ3n) is 3.83. The van der Waals surface area contributed by atoms with E-state index >= 15 is 0 Å². The fourth-order valence-corrected chi connectivity index (χ4v) is 3.86. The number of phenolic OH excluding ortho intramolecular Hbond substituents is 1. The summed E-state index contributed by atoms with van der Waals surface area (Å²) in [7, 11) is -4.36. The quantitative estimate of drug-likeness (QED) is 0.431. The lowest BCUT2D eigenvalue weighted by Crippen LogP contribution is -2.34. The van der Waals surface area contributed by atoms with E-state index < -0.39 is 16.3 Å². The molecule has 8 nitrogen and oxygen atoms in total. The molecule has 146 valence electrons. The second kappa shape index (κ2) is 9.36. The number of azo groups is 1. The van der Waals surface area contributed by atoms with E-state index in [-0.39, 0.29) is 18.0 Å². The van der Waals surface area contributed by atoms with Gasteiger partial charge in [0.15, 0.2) is 5.82 Å². The number of pyridine rings is 1. The van der Waals surface area contributed by atoms with Crippen molar-refractivity contribution in [1.82, 2.24) is 9.29 Å². The molecule has 0 fully saturated rings. The summed E-state index contributed by atoms with van der Waals surface area (Å²) in [6.07, 6.45) is 2.57. The third kappa shape index (κ3) is 5.80. The summed E-state index contributed by atoms with van der Waals surface area (Å²) in [5.41, 5.74) is 0.786. The fourth-order valence-electron chi connectivity index (χ4n) is 2.62. The third-order valence-corrected chi connectivity index (χ3v) is 5.33. The number of rotatable bonds is 8. The van der Waals surface area contributed by atoms with Crippen LogP contribution in [-0.4, -0.2) is 33.9 Å². The van der Waals surface area contributed by atoms with E-state index in [1.54, 1.807) is 30.5 Å². The van der Waals surface area contributed by atoms with Gasteiger partial charge in [-0.1, -0.05) is 19.9 Å². The van der Waals surface area contributed by atoms with Crippen molar-refractivity contribution < 1.29 is 18.1 Å². The van der Waals surface area contributed by atoms with Crippen LogP contribution in [-0.2, 0) is 10.3 Å². The maximum absolute atomic E-state index is 11.7. The summed E-state index contributed by atoms with van der Waals surface area (Å²) in [4.78, 5) is 4.06. The zero-order valence-corrected chi connectivity index (χ0v) is 17.4. The van der Waals surface area contributed by atoms with Crippen molar-refractivity contribution >= 4 is 37.7 Å². The van der Waals surface area contributed by atoms with Crippen LogP contribution in [0.1, 0.15) is 38.3 Å². The van der Waals surface area contributed by atoms with Crippen molar-refractivity contribution in [3.8, 4) is 5.75 Å². The maximum Gasteiger partial charge on any atom is 0.336 e. The van der Waals surface area contributed by atoms with Crippen molar-refractivity contribution in [3.05, 3.63) is 46.6 Å². The van der Waals surface area contributed by atoms with Crippen molar-refractivity contribution in [1.29, 1.82) is 0 Å². The summed E-state index contributed by atoms with van der Waals surface area (Å²) in [5, 5.41) is 18.2. The van der Waals surface area contributed by atoms with Crippen LogP contribution >= 0.6 is 15.9 Å². The molecule has 2 N–H and O–H groups in total. The van der Waals surface area contributed by atoms with Gasteiger partial charge in [-0.3, -0.25) is 4.55 Å². The highest BCUT2D eigenvalue weighted by atomic mass is 79.9. The summed E-state index contributed by atoms with van der Waals surface area (Å²) in [5.74, 6) is 0.243. The second-order valence-corrected chi connectivity index (χ2v) is 8.08. The molecule has 0 radical (unpaired) electrons. The molecule has 1 aromatic heterocycles. The molecule has 0 bridgehead atoms. The van der Waals surface area contributed by atoms with Crippen LogP contribution in [0.4, 0.5) is 11.5 Å². The lowest BCUT2D eigenvalue weighted by atomic mass is 10.0. The normalized spacial score (nSPS) is 13.4. The van der Waals surface area contributed by atoms with Gasteiger partial charge < -0.3 is 5.11 Å². The molecular formula is C17H21BrN4O4S. The van der Waals surface area contributed by atoms with E-state index in [1.165, 1.54) is 6.07 Å². The van der Waals surface area contributed by atoms with Gasteiger partial charge in [-0.15, -0.1) is 10.2 Å². The van der Waals surface area contributed by atoms with Crippen LogP contribution < -0.4 is 0 Å². The SMILES string of the molecule is CCCN(C(CC)c1ccc(N=Nc2ccc(Br)cn2)c(O)c1)S(=O)(=O)O. The van der Waals surface area contributed by atoms with E-state index in [0.717, 1.165) is 8.78 Å². The predicted molar refractivity (Wildman–Crippen MR) is 106 cm³/mol. The molecule has 1 aromatic carbocycles. The first-order valence-corrected chi connectivity index (χ1v) is 10.6. The Labute approximate surface area is 167 Å². The second-order valence-electron chi connectivity index (χ2n) is 5.80. The van der Waals surface area contributed by atoms with E-state index in [2.05, 4.69) is 31.1 Å². The molecule has 0 aliphatic heterocycles. The first kappa shape index (κ1) is 21.4. The average Bonchev–Trinajstić information content (AvgIpc) is 2.61. The number of aromatic hydroxyl groups is 1. The van der Waals surface area contributed by atoms with E-state index in [4.69, 9.17) is 0 Å². The maximum atomic E-state index is 11.7.